The van der Waals surface area contributed by atoms with Gasteiger partial charge in [0.05, 0.1) is 12.8 Å². The van der Waals surface area contributed by atoms with Crippen LogP contribution in [0.2, 0.25) is 0 Å². The molecule has 0 spiro atoms. The Labute approximate surface area is 96.5 Å². The van der Waals surface area contributed by atoms with Gasteiger partial charge in [-0.2, -0.15) is 0 Å². The van der Waals surface area contributed by atoms with E-state index in [0.717, 1.165) is 0 Å². The summed E-state index contributed by atoms with van der Waals surface area (Å²) in [5.41, 5.74) is 0. The average molecular weight is 247 g/mol. The monoisotopic (exact) mass is 247 g/mol. The fraction of sp³-hybridized carbons (Fsp3) is 0.444. The molecule has 0 radical (unpaired) electrons. The van der Waals surface area contributed by atoms with Crippen LogP contribution in [-0.4, -0.2) is 32.9 Å². The highest BCUT2D eigenvalue weighted by Crippen LogP contribution is 2.07. The van der Waals surface area contributed by atoms with Crippen LogP contribution in [0, 0.1) is 0 Å². The molecule has 0 aliphatic carbocycles. The van der Waals surface area contributed by atoms with E-state index in [0.29, 0.717) is 24.6 Å². The Morgan fingerprint density at radius 1 is 1.67 bits per heavy atom. The van der Waals surface area contributed by atoms with Crippen molar-refractivity contribution in [2.24, 2.45) is 0 Å². The van der Waals surface area contributed by atoms with Crippen molar-refractivity contribution in [1.82, 2.24) is 4.90 Å². The summed E-state index contributed by atoms with van der Waals surface area (Å²) in [6.45, 7) is 0.790. The highest BCUT2D eigenvalue weighted by Gasteiger charge is 2.11. The number of carbonyl (C=O) groups excluding carboxylic acids is 1. The quantitative estimate of drug-likeness (QED) is 0.802. The lowest BCUT2D eigenvalue weighted by Crippen LogP contribution is -2.29. The van der Waals surface area contributed by atoms with Gasteiger partial charge in [-0.05, 0) is 12.1 Å². The van der Waals surface area contributed by atoms with Crippen molar-refractivity contribution >= 4 is 28.7 Å². The molecule has 15 heavy (non-hydrogen) atoms. The summed E-state index contributed by atoms with van der Waals surface area (Å²) in [6.07, 6.45) is 3.16. The lowest BCUT2D eigenvalue weighted by atomic mass is 10.4. The van der Waals surface area contributed by atoms with Crippen molar-refractivity contribution in [3.63, 3.8) is 0 Å². The summed E-state index contributed by atoms with van der Waals surface area (Å²) in [5, 5.41) is -0.336. The maximum absolute atomic E-state index is 11.1. The Morgan fingerprint density at radius 3 is 2.87 bits per heavy atom. The van der Waals surface area contributed by atoms with Gasteiger partial charge in [-0.15, -0.1) is 0 Å². The van der Waals surface area contributed by atoms with E-state index >= 15 is 0 Å². The number of rotatable bonds is 5. The summed E-state index contributed by atoms with van der Waals surface area (Å²) in [6, 6.07) is 3.54. The van der Waals surface area contributed by atoms with Crippen molar-refractivity contribution in [2.75, 3.05) is 18.6 Å². The number of amides is 1. The number of carbonyl (C=O) groups is 1. The normalized spacial score (nSPS) is 12.4. The Balaban J connectivity index is 2.51. The molecule has 0 bridgehead atoms. The number of furan rings is 1. The van der Waals surface area contributed by atoms with E-state index in [4.69, 9.17) is 4.42 Å². The number of nitrogens with zero attached hydrogens (tertiary/aromatic N) is 1. The molecule has 0 saturated carbocycles. The van der Waals surface area contributed by atoms with Gasteiger partial charge in [0.1, 0.15) is 5.76 Å². The maximum atomic E-state index is 11.1. The van der Waals surface area contributed by atoms with E-state index in [1.165, 1.54) is 4.90 Å². The first-order chi connectivity index (χ1) is 7.09. The SMILES string of the molecule is CS(=O)CCN(Cc1ccco1)C(=O)S. The Bertz CT molecular complexity index is 337. The molecule has 6 heteroatoms. The van der Waals surface area contributed by atoms with Crippen LogP contribution in [0.4, 0.5) is 4.79 Å². The van der Waals surface area contributed by atoms with Crippen molar-refractivity contribution in [3.05, 3.63) is 24.2 Å². The predicted molar refractivity (Wildman–Crippen MR) is 62.4 cm³/mol. The van der Waals surface area contributed by atoms with Crippen LogP contribution in [0.15, 0.2) is 22.8 Å². The van der Waals surface area contributed by atoms with E-state index in [9.17, 15) is 9.00 Å². The molecule has 0 fully saturated rings. The van der Waals surface area contributed by atoms with Gasteiger partial charge < -0.3 is 9.32 Å². The number of thiol groups is 1. The van der Waals surface area contributed by atoms with Gasteiger partial charge in [-0.1, -0.05) is 12.6 Å². The van der Waals surface area contributed by atoms with Crippen LogP contribution in [0.1, 0.15) is 5.76 Å². The van der Waals surface area contributed by atoms with Crippen LogP contribution < -0.4 is 0 Å². The number of hydrogen-bond donors (Lipinski definition) is 1. The molecule has 0 aliphatic rings. The van der Waals surface area contributed by atoms with Crippen LogP contribution in [0.3, 0.4) is 0 Å². The van der Waals surface area contributed by atoms with Gasteiger partial charge in [-0.3, -0.25) is 9.00 Å². The van der Waals surface area contributed by atoms with Crippen LogP contribution in [-0.2, 0) is 17.3 Å². The van der Waals surface area contributed by atoms with Crippen molar-refractivity contribution in [1.29, 1.82) is 0 Å². The predicted octanol–water partition coefficient (Wildman–Crippen LogP) is 1.51. The molecular formula is C9H13NO3S2. The van der Waals surface area contributed by atoms with Gasteiger partial charge in [0.15, 0.2) is 0 Å². The summed E-state index contributed by atoms with van der Waals surface area (Å²) in [5.74, 6) is 1.15. The zero-order chi connectivity index (χ0) is 11.3. The van der Waals surface area contributed by atoms with E-state index < -0.39 is 10.8 Å². The van der Waals surface area contributed by atoms with Gasteiger partial charge >= 0.3 is 0 Å². The van der Waals surface area contributed by atoms with E-state index in [2.05, 4.69) is 12.6 Å². The largest absolute Gasteiger partial charge is 0.467 e. The molecule has 0 saturated heterocycles. The first-order valence-electron chi connectivity index (χ1n) is 4.40. The van der Waals surface area contributed by atoms with E-state index in [-0.39, 0.29) is 5.24 Å². The first kappa shape index (κ1) is 12.3. The van der Waals surface area contributed by atoms with Crippen molar-refractivity contribution in [3.8, 4) is 0 Å². The number of hydrogen-bond acceptors (Lipinski definition) is 3. The molecule has 4 nitrogen and oxygen atoms in total. The molecule has 1 aromatic rings. The Hall–Kier alpha value is -0.750. The van der Waals surface area contributed by atoms with Crippen LogP contribution >= 0.6 is 12.6 Å². The summed E-state index contributed by atoms with van der Waals surface area (Å²) in [4.78, 5) is 12.6. The fourth-order valence-electron chi connectivity index (χ4n) is 1.07. The minimum absolute atomic E-state index is 0.336. The third kappa shape index (κ3) is 4.53. The standard InChI is InChI=1S/C9H13NO3S2/c1-15(12)6-4-10(9(11)14)7-8-3-2-5-13-8/h2-3,5H,4,6-7H2,1H3,(H,11,14). The van der Waals surface area contributed by atoms with E-state index in [1.54, 1.807) is 24.7 Å². The third-order valence-electron chi connectivity index (χ3n) is 1.85. The van der Waals surface area contributed by atoms with Crippen LogP contribution in [0.5, 0.6) is 0 Å². The van der Waals surface area contributed by atoms with Gasteiger partial charge in [-0.25, -0.2) is 0 Å². The zero-order valence-corrected chi connectivity index (χ0v) is 10.1. The zero-order valence-electron chi connectivity index (χ0n) is 8.38. The minimum atomic E-state index is -0.910. The molecule has 1 aromatic heterocycles. The van der Waals surface area contributed by atoms with Crippen molar-refractivity contribution < 1.29 is 13.4 Å². The molecule has 1 unspecified atom stereocenters. The molecule has 0 aliphatic heterocycles. The lowest BCUT2D eigenvalue weighted by molar-refractivity contribution is 0.219. The maximum Gasteiger partial charge on any atom is 0.278 e. The Morgan fingerprint density at radius 2 is 2.40 bits per heavy atom. The molecule has 0 aromatic carbocycles. The second-order valence-electron chi connectivity index (χ2n) is 3.06. The smallest absolute Gasteiger partial charge is 0.278 e. The Kier molecular flexibility index (Phi) is 4.90. The van der Waals surface area contributed by atoms with Gasteiger partial charge in [0.25, 0.3) is 5.24 Å². The minimum Gasteiger partial charge on any atom is -0.467 e. The summed E-state index contributed by atoms with van der Waals surface area (Å²) >= 11 is 3.75. The molecule has 0 N–H and O–H groups in total. The molecule has 84 valence electrons. The molecule has 1 heterocycles. The topological polar surface area (TPSA) is 50.5 Å². The molecule has 1 atom stereocenters. The first-order valence-corrected chi connectivity index (χ1v) is 6.57. The van der Waals surface area contributed by atoms with E-state index in [1.807, 2.05) is 0 Å². The fourth-order valence-corrected chi connectivity index (χ4v) is 1.72. The second kappa shape index (κ2) is 5.97. The lowest BCUT2D eigenvalue weighted by Gasteiger charge is -2.18. The molecule has 1 amide bonds. The molecular weight excluding hydrogens is 234 g/mol. The van der Waals surface area contributed by atoms with Gasteiger partial charge in [0.2, 0.25) is 0 Å². The summed E-state index contributed by atoms with van der Waals surface area (Å²) < 4.78 is 16.0. The highest BCUT2D eigenvalue weighted by molar-refractivity contribution is 7.96. The van der Waals surface area contributed by atoms with Gasteiger partial charge in [0, 0.05) is 29.4 Å². The van der Waals surface area contributed by atoms with Crippen LogP contribution in [0.25, 0.3) is 0 Å². The third-order valence-corrected chi connectivity index (χ3v) is 2.89. The summed E-state index contributed by atoms with van der Waals surface area (Å²) in [7, 11) is -0.910. The second-order valence-corrected chi connectivity index (χ2v) is 5.00. The average Bonchev–Trinajstić information content (AvgIpc) is 2.63. The van der Waals surface area contributed by atoms with Crippen molar-refractivity contribution in [2.45, 2.75) is 6.54 Å². The highest BCUT2D eigenvalue weighted by atomic mass is 32.2. The molecule has 1 rings (SSSR count).